The molecule has 2 rings (SSSR count). The van der Waals surface area contributed by atoms with Crippen LogP contribution in [0.4, 0.5) is 0 Å². The van der Waals surface area contributed by atoms with Gasteiger partial charge in [0.2, 0.25) is 0 Å². The summed E-state index contributed by atoms with van der Waals surface area (Å²) in [7, 11) is 0. The van der Waals surface area contributed by atoms with Gasteiger partial charge < -0.3 is 5.32 Å². The van der Waals surface area contributed by atoms with Crippen molar-refractivity contribution in [2.45, 2.75) is 20.4 Å². The Kier molecular flexibility index (Phi) is 4.39. The second-order valence-electron chi connectivity index (χ2n) is 4.79. The van der Waals surface area contributed by atoms with Gasteiger partial charge in [-0.15, -0.1) is 0 Å². The summed E-state index contributed by atoms with van der Waals surface area (Å²) in [4.78, 5) is 0. The Morgan fingerprint density at radius 2 is 2.00 bits per heavy atom. The summed E-state index contributed by atoms with van der Waals surface area (Å²) < 4.78 is 1.77. The number of benzene rings is 1. The Morgan fingerprint density at radius 1 is 1.28 bits per heavy atom. The highest BCUT2D eigenvalue weighted by Crippen LogP contribution is 2.12. The third-order valence-electron chi connectivity index (χ3n) is 2.63. The first-order valence-electron chi connectivity index (χ1n) is 6.15. The highest BCUT2D eigenvalue weighted by Gasteiger charge is 2.00. The summed E-state index contributed by atoms with van der Waals surface area (Å²) in [6, 6.07) is 8.32. The number of nitrogens with zero attached hydrogens (tertiary/aromatic N) is 2. The minimum absolute atomic E-state index is 0.651. The molecule has 0 aliphatic carbocycles. The van der Waals surface area contributed by atoms with E-state index in [0.717, 1.165) is 18.8 Å². The first-order chi connectivity index (χ1) is 8.65. The van der Waals surface area contributed by atoms with Gasteiger partial charge in [-0.3, -0.25) is 0 Å². The third kappa shape index (κ3) is 3.59. The zero-order chi connectivity index (χ0) is 13.0. The lowest BCUT2D eigenvalue weighted by Gasteiger charge is -2.08. The Morgan fingerprint density at radius 3 is 2.56 bits per heavy atom. The van der Waals surface area contributed by atoms with Gasteiger partial charge >= 0.3 is 0 Å². The molecule has 4 heteroatoms. The van der Waals surface area contributed by atoms with Crippen LogP contribution in [0.2, 0.25) is 5.02 Å². The average molecular weight is 264 g/mol. The van der Waals surface area contributed by atoms with Gasteiger partial charge in [-0.1, -0.05) is 37.6 Å². The fourth-order valence-electron chi connectivity index (χ4n) is 1.71. The molecule has 0 aliphatic rings. The molecule has 96 valence electrons. The van der Waals surface area contributed by atoms with E-state index < -0.39 is 0 Å². The van der Waals surface area contributed by atoms with Crippen LogP contribution < -0.4 is 5.32 Å². The maximum Gasteiger partial charge on any atom is 0.0790 e. The molecule has 0 saturated heterocycles. The number of nitrogens with one attached hydrogen (secondary N) is 1. The summed E-state index contributed by atoms with van der Waals surface area (Å²) >= 11 is 5.85. The third-order valence-corrected chi connectivity index (χ3v) is 2.83. The van der Waals surface area contributed by atoms with Gasteiger partial charge in [-0.25, -0.2) is 4.68 Å². The number of aromatic nitrogens is 2. The first kappa shape index (κ1) is 13.1. The van der Waals surface area contributed by atoms with Crippen molar-refractivity contribution in [1.29, 1.82) is 0 Å². The van der Waals surface area contributed by atoms with Crippen molar-refractivity contribution in [3.8, 4) is 5.69 Å². The maximum atomic E-state index is 5.85. The average Bonchev–Trinajstić information content (AvgIpc) is 2.76. The van der Waals surface area contributed by atoms with E-state index in [0.29, 0.717) is 10.9 Å². The molecule has 0 radical (unpaired) electrons. The van der Waals surface area contributed by atoms with Crippen molar-refractivity contribution in [3.05, 3.63) is 47.2 Å². The van der Waals surface area contributed by atoms with Crippen LogP contribution in [-0.4, -0.2) is 16.3 Å². The van der Waals surface area contributed by atoms with Crippen LogP contribution in [0, 0.1) is 5.92 Å². The molecule has 1 N–H and O–H groups in total. The molecule has 1 heterocycles. The smallest absolute Gasteiger partial charge is 0.0790 e. The van der Waals surface area contributed by atoms with Crippen molar-refractivity contribution in [3.63, 3.8) is 0 Å². The minimum Gasteiger partial charge on any atom is -0.312 e. The number of halogens is 1. The van der Waals surface area contributed by atoms with Gasteiger partial charge in [0.1, 0.15) is 0 Å². The van der Waals surface area contributed by atoms with E-state index in [1.54, 1.807) is 17.1 Å². The zero-order valence-corrected chi connectivity index (χ0v) is 11.5. The standard InChI is InChI=1S/C14H18ClN3/c1-11(2)7-16-8-12-3-5-14(6-4-12)18-10-13(15)9-17-18/h3-6,9-11,16H,7-8H2,1-2H3. The predicted octanol–water partition coefficient (Wildman–Crippen LogP) is 3.27. The summed E-state index contributed by atoms with van der Waals surface area (Å²) in [6.07, 6.45) is 3.44. The lowest BCUT2D eigenvalue weighted by atomic mass is 10.2. The summed E-state index contributed by atoms with van der Waals surface area (Å²) in [6.45, 7) is 6.35. The van der Waals surface area contributed by atoms with E-state index in [1.807, 2.05) is 0 Å². The van der Waals surface area contributed by atoms with Gasteiger partial charge in [0, 0.05) is 12.7 Å². The van der Waals surface area contributed by atoms with Crippen LogP contribution in [0.15, 0.2) is 36.7 Å². The van der Waals surface area contributed by atoms with E-state index >= 15 is 0 Å². The fourth-order valence-corrected chi connectivity index (χ4v) is 1.85. The van der Waals surface area contributed by atoms with E-state index in [2.05, 4.69) is 48.5 Å². The van der Waals surface area contributed by atoms with Gasteiger partial charge in [-0.2, -0.15) is 5.10 Å². The van der Waals surface area contributed by atoms with Crippen molar-refractivity contribution in [2.75, 3.05) is 6.54 Å². The van der Waals surface area contributed by atoms with Gasteiger partial charge in [0.15, 0.2) is 0 Å². The van der Waals surface area contributed by atoms with Crippen LogP contribution in [0.25, 0.3) is 5.69 Å². The lowest BCUT2D eigenvalue weighted by Crippen LogP contribution is -2.18. The van der Waals surface area contributed by atoms with Crippen LogP contribution in [0.5, 0.6) is 0 Å². The quantitative estimate of drug-likeness (QED) is 0.897. The molecule has 0 unspecified atom stereocenters. The maximum absolute atomic E-state index is 5.85. The SMILES string of the molecule is CC(C)CNCc1ccc(-n2cc(Cl)cn2)cc1. The minimum atomic E-state index is 0.651. The van der Waals surface area contributed by atoms with Crippen molar-refractivity contribution < 1.29 is 0 Å². The Balaban J connectivity index is 1.97. The fraction of sp³-hybridized carbons (Fsp3) is 0.357. The summed E-state index contributed by atoms with van der Waals surface area (Å²) in [5.41, 5.74) is 2.30. The van der Waals surface area contributed by atoms with E-state index in [-0.39, 0.29) is 0 Å². The van der Waals surface area contributed by atoms with Crippen LogP contribution >= 0.6 is 11.6 Å². The van der Waals surface area contributed by atoms with E-state index in [9.17, 15) is 0 Å². The molecule has 0 amide bonds. The summed E-state index contributed by atoms with van der Waals surface area (Å²) in [5.74, 6) is 0.676. The molecule has 0 spiro atoms. The second kappa shape index (κ2) is 6.03. The Bertz CT molecular complexity index is 488. The Labute approximate surface area is 113 Å². The highest BCUT2D eigenvalue weighted by atomic mass is 35.5. The molecule has 0 aliphatic heterocycles. The second-order valence-corrected chi connectivity index (χ2v) is 5.23. The van der Waals surface area contributed by atoms with E-state index in [1.165, 1.54) is 5.56 Å². The number of hydrogen-bond donors (Lipinski definition) is 1. The van der Waals surface area contributed by atoms with Gasteiger partial charge in [0.05, 0.1) is 16.9 Å². The highest BCUT2D eigenvalue weighted by molar-refractivity contribution is 6.30. The van der Waals surface area contributed by atoms with Crippen molar-refractivity contribution >= 4 is 11.6 Å². The molecular weight excluding hydrogens is 246 g/mol. The largest absolute Gasteiger partial charge is 0.312 e. The van der Waals surface area contributed by atoms with Crippen LogP contribution in [0.3, 0.4) is 0 Å². The molecule has 0 bridgehead atoms. The zero-order valence-electron chi connectivity index (χ0n) is 10.7. The topological polar surface area (TPSA) is 29.9 Å². The van der Waals surface area contributed by atoms with Gasteiger partial charge in [0.25, 0.3) is 0 Å². The number of hydrogen-bond acceptors (Lipinski definition) is 2. The lowest BCUT2D eigenvalue weighted by molar-refractivity contribution is 0.552. The molecule has 3 nitrogen and oxygen atoms in total. The molecule has 1 aromatic heterocycles. The van der Waals surface area contributed by atoms with Crippen molar-refractivity contribution in [2.24, 2.45) is 5.92 Å². The Hall–Kier alpha value is -1.32. The van der Waals surface area contributed by atoms with Gasteiger partial charge in [-0.05, 0) is 30.2 Å². The van der Waals surface area contributed by atoms with E-state index in [4.69, 9.17) is 11.6 Å². The predicted molar refractivity (Wildman–Crippen MR) is 75.1 cm³/mol. The van der Waals surface area contributed by atoms with Crippen molar-refractivity contribution in [1.82, 2.24) is 15.1 Å². The summed E-state index contributed by atoms with van der Waals surface area (Å²) in [5, 5.41) is 8.24. The molecule has 2 aromatic rings. The number of rotatable bonds is 5. The first-order valence-corrected chi connectivity index (χ1v) is 6.53. The van der Waals surface area contributed by atoms with Crippen LogP contribution in [0.1, 0.15) is 19.4 Å². The van der Waals surface area contributed by atoms with Crippen LogP contribution in [-0.2, 0) is 6.54 Å². The molecule has 1 aromatic carbocycles. The normalized spacial score (nSPS) is 11.1. The molecular formula is C14H18ClN3. The molecule has 0 fully saturated rings. The molecule has 0 saturated carbocycles. The molecule has 0 atom stereocenters. The molecule has 18 heavy (non-hydrogen) atoms. The monoisotopic (exact) mass is 263 g/mol.